The maximum absolute atomic E-state index is 11.7. The lowest BCUT2D eigenvalue weighted by atomic mass is 10.1. The highest BCUT2D eigenvalue weighted by Crippen LogP contribution is 2.13. The minimum Gasteiger partial charge on any atom is -0.478 e. The Labute approximate surface area is 105 Å². The number of anilines is 1. The van der Waals surface area contributed by atoms with Crippen molar-refractivity contribution in [3.63, 3.8) is 0 Å². The molecule has 1 unspecified atom stereocenters. The normalized spacial score (nSPS) is 11.9. The zero-order valence-corrected chi connectivity index (χ0v) is 10.4. The first kappa shape index (κ1) is 13.6. The predicted octanol–water partition coefficient (Wildman–Crippen LogP) is 2.28. The van der Waals surface area contributed by atoms with Gasteiger partial charge in [-0.3, -0.25) is 4.79 Å². The molecule has 0 aliphatic carbocycles. The minimum atomic E-state index is -0.982. The average Bonchev–Trinajstić information content (AvgIpc) is 2.31. The SMILES string of the molecule is CCC(CS)C(=O)Nc1ccc(C(=O)O)cc1. The molecule has 1 amide bonds. The van der Waals surface area contributed by atoms with Crippen LogP contribution < -0.4 is 5.32 Å². The molecule has 0 bridgehead atoms. The van der Waals surface area contributed by atoms with Gasteiger partial charge in [-0.05, 0) is 30.7 Å². The van der Waals surface area contributed by atoms with Gasteiger partial charge in [-0.1, -0.05) is 6.92 Å². The van der Waals surface area contributed by atoms with Gasteiger partial charge in [0.05, 0.1) is 5.56 Å². The summed E-state index contributed by atoms with van der Waals surface area (Å²) in [5, 5.41) is 11.5. The lowest BCUT2D eigenvalue weighted by Gasteiger charge is -2.12. The molecule has 0 radical (unpaired) electrons. The zero-order valence-electron chi connectivity index (χ0n) is 9.51. The summed E-state index contributed by atoms with van der Waals surface area (Å²) in [4.78, 5) is 22.4. The van der Waals surface area contributed by atoms with Crippen LogP contribution in [0.15, 0.2) is 24.3 Å². The van der Waals surface area contributed by atoms with E-state index in [0.29, 0.717) is 11.4 Å². The van der Waals surface area contributed by atoms with Crippen LogP contribution in [0.25, 0.3) is 0 Å². The molecule has 1 atom stereocenters. The van der Waals surface area contributed by atoms with Gasteiger partial charge in [-0.2, -0.15) is 12.6 Å². The second-order valence-corrected chi connectivity index (χ2v) is 4.02. The van der Waals surface area contributed by atoms with Gasteiger partial charge in [0, 0.05) is 17.4 Å². The summed E-state index contributed by atoms with van der Waals surface area (Å²) in [6.45, 7) is 1.92. The van der Waals surface area contributed by atoms with Crippen molar-refractivity contribution in [3.8, 4) is 0 Å². The summed E-state index contributed by atoms with van der Waals surface area (Å²) in [6, 6.07) is 6.07. The largest absolute Gasteiger partial charge is 0.478 e. The second-order valence-electron chi connectivity index (χ2n) is 3.66. The van der Waals surface area contributed by atoms with E-state index < -0.39 is 5.97 Å². The Bertz CT molecular complexity index is 399. The molecule has 0 saturated heterocycles. The van der Waals surface area contributed by atoms with Crippen molar-refractivity contribution in [2.75, 3.05) is 11.1 Å². The van der Waals surface area contributed by atoms with Crippen LogP contribution in [0.2, 0.25) is 0 Å². The summed E-state index contributed by atoms with van der Waals surface area (Å²) in [5.41, 5.74) is 0.796. The quantitative estimate of drug-likeness (QED) is 0.705. The maximum atomic E-state index is 11.7. The van der Waals surface area contributed by atoms with Crippen LogP contribution in [0.1, 0.15) is 23.7 Å². The minimum absolute atomic E-state index is 0.0921. The molecular weight excluding hydrogens is 238 g/mol. The highest BCUT2D eigenvalue weighted by Gasteiger charge is 2.14. The number of hydrogen-bond acceptors (Lipinski definition) is 3. The van der Waals surface area contributed by atoms with Crippen molar-refractivity contribution in [1.82, 2.24) is 0 Å². The van der Waals surface area contributed by atoms with E-state index >= 15 is 0 Å². The average molecular weight is 253 g/mol. The smallest absolute Gasteiger partial charge is 0.335 e. The van der Waals surface area contributed by atoms with Gasteiger partial charge < -0.3 is 10.4 Å². The van der Waals surface area contributed by atoms with Gasteiger partial charge in [0.25, 0.3) is 0 Å². The first-order valence-electron chi connectivity index (χ1n) is 5.33. The van der Waals surface area contributed by atoms with Crippen molar-refractivity contribution in [2.45, 2.75) is 13.3 Å². The van der Waals surface area contributed by atoms with Crippen LogP contribution in [-0.4, -0.2) is 22.7 Å². The van der Waals surface area contributed by atoms with E-state index in [1.807, 2.05) is 6.92 Å². The molecule has 0 aliphatic heterocycles. The number of carboxylic acids is 1. The highest BCUT2D eigenvalue weighted by molar-refractivity contribution is 7.80. The third-order valence-electron chi connectivity index (χ3n) is 2.48. The van der Waals surface area contributed by atoms with Crippen molar-refractivity contribution in [1.29, 1.82) is 0 Å². The van der Waals surface area contributed by atoms with Crippen LogP contribution >= 0.6 is 12.6 Å². The van der Waals surface area contributed by atoms with E-state index in [1.54, 1.807) is 12.1 Å². The van der Waals surface area contributed by atoms with Crippen molar-refractivity contribution in [2.24, 2.45) is 5.92 Å². The molecule has 0 heterocycles. The fourth-order valence-corrected chi connectivity index (χ4v) is 1.76. The molecule has 2 N–H and O–H groups in total. The topological polar surface area (TPSA) is 66.4 Å². The van der Waals surface area contributed by atoms with Crippen LogP contribution in [0.4, 0.5) is 5.69 Å². The molecule has 0 aliphatic rings. The third kappa shape index (κ3) is 3.78. The van der Waals surface area contributed by atoms with Crippen LogP contribution in [0.5, 0.6) is 0 Å². The van der Waals surface area contributed by atoms with Gasteiger partial charge >= 0.3 is 5.97 Å². The summed E-state index contributed by atoms with van der Waals surface area (Å²) in [6.07, 6.45) is 0.725. The molecule has 1 aromatic carbocycles. The number of carbonyl (C=O) groups excluding carboxylic acids is 1. The first-order chi connectivity index (χ1) is 8.08. The summed E-state index contributed by atoms with van der Waals surface area (Å²) in [7, 11) is 0. The number of carbonyl (C=O) groups is 2. The number of nitrogens with one attached hydrogen (secondary N) is 1. The Hall–Kier alpha value is -1.49. The number of carboxylic acid groups (broad SMARTS) is 1. The molecule has 0 spiro atoms. The van der Waals surface area contributed by atoms with Crippen LogP contribution in [0, 0.1) is 5.92 Å². The monoisotopic (exact) mass is 253 g/mol. The Morgan fingerprint density at radius 2 is 1.94 bits per heavy atom. The number of amides is 1. The van der Waals surface area contributed by atoms with Crippen LogP contribution in [0.3, 0.4) is 0 Å². The van der Waals surface area contributed by atoms with Gasteiger partial charge in [-0.25, -0.2) is 4.79 Å². The summed E-state index contributed by atoms with van der Waals surface area (Å²) < 4.78 is 0. The third-order valence-corrected chi connectivity index (χ3v) is 2.92. The summed E-state index contributed by atoms with van der Waals surface area (Å²) >= 11 is 4.11. The van der Waals surface area contributed by atoms with Crippen molar-refractivity contribution >= 4 is 30.2 Å². The fourth-order valence-electron chi connectivity index (χ4n) is 1.34. The molecule has 4 nitrogen and oxygen atoms in total. The zero-order chi connectivity index (χ0) is 12.8. The van der Waals surface area contributed by atoms with Gasteiger partial charge in [0.1, 0.15) is 0 Å². The molecule has 0 saturated carbocycles. The molecule has 92 valence electrons. The Morgan fingerprint density at radius 1 is 1.35 bits per heavy atom. The van der Waals surface area contributed by atoms with E-state index in [-0.39, 0.29) is 17.4 Å². The Balaban J connectivity index is 2.69. The number of benzene rings is 1. The molecule has 5 heteroatoms. The van der Waals surface area contributed by atoms with E-state index in [9.17, 15) is 9.59 Å². The van der Waals surface area contributed by atoms with E-state index in [0.717, 1.165) is 6.42 Å². The van der Waals surface area contributed by atoms with Gasteiger partial charge in [-0.15, -0.1) is 0 Å². The molecule has 1 rings (SSSR count). The first-order valence-corrected chi connectivity index (χ1v) is 5.96. The number of hydrogen-bond donors (Lipinski definition) is 3. The van der Waals surface area contributed by atoms with Crippen molar-refractivity contribution in [3.05, 3.63) is 29.8 Å². The maximum Gasteiger partial charge on any atom is 0.335 e. The fraction of sp³-hybridized carbons (Fsp3) is 0.333. The van der Waals surface area contributed by atoms with E-state index in [2.05, 4.69) is 17.9 Å². The standard InChI is InChI=1S/C12H15NO3S/c1-2-8(7-17)11(14)13-10-5-3-9(4-6-10)12(15)16/h3-6,8,17H,2,7H2,1H3,(H,13,14)(H,15,16). The summed E-state index contributed by atoms with van der Waals surface area (Å²) in [5.74, 6) is -0.706. The van der Waals surface area contributed by atoms with E-state index in [1.165, 1.54) is 12.1 Å². The molecule has 17 heavy (non-hydrogen) atoms. The number of aromatic carboxylic acids is 1. The lowest BCUT2D eigenvalue weighted by molar-refractivity contribution is -0.119. The van der Waals surface area contributed by atoms with Gasteiger partial charge in [0.15, 0.2) is 0 Å². The number of rotatable bonds is 5. The molecular formula is C12H15NO3S. The molecule has 1 aromatic rings. The Morgan fingerprint density at radius 3 is 2.35 bits per heavy atom. The molecule has 0 aromatic heterocycles. The number of thiol groups is 1. The lowest BCUT2D eigenvalue weighted by Crippen LogP contribution is -2.23. The second kappa shape index (κ2) is 6.30. The molecule has 0 fully saturated rings. The predicted molar refractivity (Wildman–Crippen MR) is 69.7 cm³/mol. The van der Waals surface area contributed by atoms with Crippen LogP contribution in [-0.2, 0) is 4.79 Å². The van der Waals surface area contributed by atoms with Gasteiger partial charge in [0.2, 0.25) is 5.91 Å². The van der Waals surface area contributed by atoms with E-state index in [4.69, 9.17) is 5.11 Å². The Kier molecular flexibility index (Phi) is 5.03. The van der Waals surface area contributed by atoms with Crippen molar-refractivity contribution < 1.29 is 14.7 Å². The highest BCUT2D eigenvalue weighted by atomic mass is 32.1.